The number of hydrogen-bond acceptors (Lipinski definition) is 3. The minimum Gasteiger partial charge on any atom is -0.492 e. The lowest BCUT2D eigenvalue weighted by atomic mass is 10.1. The summed E-state index contributed by atoms with van der Waals surface area (Å²) < 4.78 is 18.5. The maximum atomic E-state index is 13.2. The smallest absolute Gasteiger partial charge is 0.227 e. The average molecular weight is 303 g/mol. The molecule has 0 aliphatic rings. The lowest BCUT2D eigenvalue weighted by Gasteiger charge is -2.14. The van der Waals surface area contributed by atoms with Crippen molar-refractivity contribution in [2.75, 3.05) is 11.9 Å². The summed E-state index contributed by atoms with van der Waals surface area (Å²) in [6.07, 6.45) is -0.982. The topological polar surface area (TPSA) is 58.6 Å². The highest BCUT2D eigenvalue weighted by Crippen LogP contribution is 2.26. The minimum atomic E-state index is -0.891. The van der Waals surface area contributed by atoms with Crippen LogP contribution in [0.5, 0.6) is 5.75 Å². The van der Waals surface area contributed by atoms with E-state index in [0.29, 0.717) is 17.9 Å². The third-order valence-corrected chi connectivity index (χ3v) is 3.08. The van der Waals surface area contributed by atoms with Crippen molar-refractivity contribution >= 4 is 11.6 Å². The van der Waals surface area contributed by atoms with E-state index in [0.717, 1.165) is 0 Å². The molecule has 4 nitrogen and oxygen atoms in total. The number of carbonyl (C=O) groups is 1. The van der Waals surface area contributed by atoms with Crippen LogP contribution in [0.15, 0.2) is 48.5 Å². The summed E-state index contributed by atoms with van der Waals surface area (Å²) in [5.41, 5.74) is 1.05. The molecule has 2 rings (SSSR count). The monoisotopic (exact) mass is 303 g/mol. The van der Waals surface area contributed by atoms with Gasteiger partial charge < -0.3 is 15.2 Å². The Hall–Kier alpha value is -2.40. The van der Waals surface area contributed by atoms with Gasteiger partial charge in [-0.1, -0.05) is 30.3 Å². The number of anilines is 1. The number of ether oxygens (including phenoxy) is 1. The van der Waals surface area contributed by atoms with Gasteiger partial charge in [0, 0.05) is 6.07 Å². The molecule has 116 valence electrons. The number of rotatable bonds is 6. The van der Waals surface area contributed by atoms with Gasteiger partial charge in [0.25, 0.3) is 0 Å². The first-order valence-electron chi connectivity index (χ1n) is 7.05. The SMILES string of the molecule is CCOc1cc(F)ccc1NC(=O)CC(O)c1ccccc1. The molecule has 0 radical (unpaired) electrons. The maximum absolute atomic E-state index is 13.2. The van der Waals surface area contributed by atoms with Crippen LogP contribution < -0.4 is 10.1 Å². The fraction of sp³-hybridized carbons (Fsp3) is 0.235. The normalized spacial score (nSPS) is 11.8. The number of hydrogen-bond donors (Lipinski definition) is 2. The van der Waals surface area contributed by atoms with E-state index in [-0.39, 0.29) is 18.1 Å². The Morgan fingerprint density at radius 2 is 2.00 bits per heavy atom. The Bertz CT molecular complexity index is 631. The van der Waals surface area contributed by atoms with E-state index in [2.05, 4.69) is 5.32 Å². The predicted octanol–water partition coefficient (Wildman–Crippen LogP) is 3.29. The molecule has 0 bridgehead atoms. The third kappa shape index (κ3) is 4.30. The van der Waals surface area contributed by atoms with Crippen LogP contribution >= 0.6 is 0 Å². The zero-order chi connectivity index (χ0) is 15.9. The van der Waals surface area contributed by atoms with Crippen LogP contribution in [0.3, 0.4) is 0 Å². The Kier molecular flexibility index (Phi) is 5.49. The molecule has 0 spiro atoms. The number of aliphatic hydroxyl groups excluding tert-OH is 1. The van der Waals surface area contributed by atoms with E-state index in [1.165, 1.54) is 18.2 Å². The molecule has 0 aromatic heterocycles. The highest BCUT2D eigenvalue weighted by atomic mass is 19.1. The Labute approximate surface area is 128 Å². The molecule has 5 heteroatoms. The third-order valence-electron chi connectivity index (χ3n) is 3.08. The quantitative estimate of drug-likeness (QED) is 0.861. The standard InChI is InChI=1S/C17H18FNO3/c1-2-22-16-10-13(18)8-9-14(16)19-17(21)11-15(20)12-6-4-3-5-7-12/h3-10,15,20H,2,11H2,1H3,(H,19,21). The Morgan fingerprint density at radius 3 is 2.68 bits per heavy atom. The van der Waals surface area contributed by atoms with Gasteiger partial charge in [-0.2, -0.15) is 0 Å². The number of amides is 1. The summed E-state index contributed by atoms with van der Waals surface area (Å²) in [7, 11) is 0. The van der Waals surface area contributed by atoms with Crippen molar-refractivity contribution < 1.29 is 19.0 Å². The van der Waals surface area contributed by atoms with Crippen molar-refractivity contribution in [2.45, 2.75) is 19.4 Å². The van der Waals surface area contributed by atoms with Crippen LogP contribution in [0.1, 0.15) is 25.0 Å². The second-order valence-electron chi connectivity index (χ2n) is 4.75. The van der Waals surface area contributed by atoms with Gasteiger partial charge in [0.15, 0.2) is 0 Å². The summed E-state index contributed by atoms with van der Waals surface area (Å²) in [6, 6.07) is 12.8. The average Bonchev–Trinajstić information content (AvgIpc) is 2.51. The largest absolute Gasteiger partial charge is 0.492 e. The summed E-state index contributed by atoms with van der Waals surface area (Å²) in [5.74, 6) is -0.542. The van der Waals surface area contributed by atoms with Gasteiger partial charge in [0.2, 0.25) is 5.91 Å². The lowest BCUT2D eigenvalue weighted by molar-refractivity contribution is -0.118. The van der Waals surface area contributed by atoms with Gasteiger partial charge in [0.05, 0.1) is 24.8 Å². The van der Waals surface area contributed by atoms with E-state index in [9.17, 15) is 14.3 Å². The Balaban J connectivity index is 2.03. The number of carbonyl (C=O) groups excluding carboxylic acids is 1. The maximum Gasteiger partial charge on any atom is 0.227 e. The zero-order valence-electron chi connectivity index (χ0n) is 12.3. The molecule has 0 aliphatic carbocycles. The van der Waals surface area contributed by atoms with Gasteiger partial charge in [0.1, 0.15) is 11.6 Å². The minimum absolute atomic E-state index is 0.0903. The van der Waals surface area contributed by atoms with Gasteiger partial charge >= 0.3 is 0 Å². The second kappa shape index (κ2) is 7.56. The van der Waals surface area contributed by atoms with Gasteiger partial charge in [-0.25, -0.2) is 4.39 Å². The molecule has 0 aliphatic heterocycles. The molecule has 0 saturated carbocycles. The Morgan fingerprint density at radius 1 is 1.27 bits per heavy atom. The molecule has 1 amide bonds. The molecular weight excluding hydrogens is 285 g/mol. The number of aliphatic hydroxyl groups is 1. The molecule has 1 atom stereocenters. The number of halogens is 1. The lowest BCUT2D eigenvalue weighted by Crippen LogP contribution is -2.16. The molecule has 0 fully saturated rings. The van der Waals surface area contributed by atoms with Crippen LogP contribution in [0, 0.1) is 5.82 Å². The van der Waals surface area contributed by atoms with E-state index >= 15 is 0 Å². The fourth-order valence-electron chi connectivity index (χ4n) is 2.04. The molecule has 1 unspecified atom stereocenters. The molecule has 22 heavy (non-hydrogen) atoms. The van der Waals surface area contributed by atoms with Crippen LogP contribution in [0.4, 0.5) is 10.1 Å². The number of benzene rings is 2. The van der Waals surface area contributed by atoms with Crippen molar-refractivity contribution in [1.29, 1.82) is 0 Å². The first-order chi connectivity index (χ1) is 10.6. The van der Waals surface area contributed by atoms with Crippen molar-refractivity contribution in [1.82, 2.24) is 0 Å². The summed E-state index contributed by atoms with van der Waals surface area (Å²) in [5, 5.41) is 12.7. The molecular formula is C17H18FNO3. The van der Waals surface area contributed by atoms with E-state index in [4.69, 9.17) is 4.74 Å². The zero-order valence-corrected chi connectivity index (χ0v) is 12.3. The molecule has 0 heterocycles. The first-order valence-corrected chi connectivity index (χ1v) is 7.05. The molecule has 2 aromatic carbocycles. The summed E-state index contributed by atoms with van der Waals surface area (Å²) in [4.78, 5) is 12.0. The van der Waals surface area contributed by atoms with Gasteiger partial charge in [-0.05, 0) is 24.6 Å². The van der Waals surface area contributed by atoms with E-state index in [1.807, 2.05) is 6.07 Å². The van der Waals surface area contributed by atoms with Gasteiger partial charge in [-0.15, -0.1) is 0 Å². The highest BCUT2D eigenvalue weighted by Gasteiger charge is 2.15. The van der Waals surface area contributed by atoms with E-state index in [1.54, 1.807) is 31.2 Å². The van der Waals surface area contributed by atoms with Crippen molar-refractivity contribution in [3.05, 3.63) is 59.9 Å². The second-order valence-corrected chi connectivity index (χ2v) is 4.75. The van der Waals surface area contributed by atoms with E-state index < -0.39 is 11.9 Å². The van der Waals surface area contributed by atoms with Crippen LogP contribution in [-0.2, 0) is 4.79 Å². The highest BCUT2D eigenvalue weighted by molar-refractivity contribution is 5.92. The molecule has 0 saturated heterocycles. The summed E-state index contributed by atoms with van der Waals surface area (Å²) in [6.45, 7) is 2.13. The summed E-state index contributed by atoms with van der Waals surface area (Å²) >= 11 is 0. The van der Waals surface area contributed by atoms with Crippen LogP contribution in [0.2, 0.25) is 0 Å². The van der Waals surface area contributed by atoms with Gasteiger partial charge in [-0.3, -0.25) is 4.79 Å². The fourth-order valence-corrected chi connectivity index (χ4v) is 2.04. The molecule has 2 aromatic rings. The van der Waals surface area contributed by atoms with Crippen molar-refractivity contribution in [3.8, 4) is 5.75 Å². The number of nitrogens with one attached hydrogen (secondary N) is 1. The predicted molar refractivity (Wildman–Crippen MR) is 82.2 cm³/mol. The molecule has 2 N–H and O–H groups in total. The first kappa shape index (κ1) is 16.0. The van der Waals surface area contributed by atoms with Crippen molar-refractivity contribution in [3.63, 3.8) is 0 Å². The van der Waals surface area contributed by atoms with Crippen LogP contribution in [0.25, 0.3) is 0 Å². The van der Waals surface area contributed by atoms with Crippen LogP contribution in [-0.4, -0.2) is 17.6 Å². The van der Waals surface area contributed by atoms with Crippen molar-refractivity contribution in [2.24, 2.45) is 0 Å².